The fraction of sp³-hybridized carbons (Fsp3) is 0.500. The summed E-state index contributed by atoms with van der Waals surface area (Å²) in [6.07, 6.45) is 1.20. The van der Waals surface area contributed by atoms with Crippen LogP contribution in [-0.4, -0.2) is 49.0 Å². The van der Waals surface area contributed by atoms with E-state index in [9.17, 15) is 14.4 Å². The first-order valence-electron chi connectivity index (χ1n) is 11.8. The average Bonchev–Trinajstić information content (AvgIpc) is 2.82. The standard InChI is InChI=1S/C26H33ClN2O5/c1-5-26(4,25(32)33-6-2)29-24(31)21-20(27)15-18-9-7-8-10-19(18)23(21)34-22(16(3)30)17-11-13-28-14-12-17/h7-10,15,17,22,28H,5-6,11-14H2,1-4H3,(H,29,31). The van der Waals surface area contributed by atoms with Crippen LogP contribution in [0.5, 0.6) is 5.75 Å². The van der Waals surface area contributed by atoms with E-state index in [0.29, 0.717) is 11.8 Å². The Morgan fingerprint density at radius 3 is 2.50 bits per heavy atom. The molecule has 2 aromatic rings. The molecule has 0 aromatic heterocycles. The van der Waals surface area contributed by atoms with Crippen LogP contribution in [0.2, 0.25) is 5.02 Å². The number of amides is 1. The van der Waals surface area contributed by atoms with Crippen molar-refractivity contribution in [2.24, 2.45) is 5.92 Å². The zero-order valence-corrected chi connectivity index (χ0v) is 21.0. The molecule has 0 saturated carbocycles. The van der Waals surface area contributed by atoms with Crippen LogP contribution in [0.4, 0.5) is 0 Å². The molecule has 8 heteroatoms. The molecule has 0 radical (unpaired) electrons. The van der Waals surface area contributed by atoms with Crippen LogP contribution in [-0.2, 0) is 14.3 Å². The molecule has 2 unspecified atom stereocenters. The van der Waals surface area contributed by atoms with Crippen LogP contribution in [0.3, 0.4) is 0 Å². The van der Waals surface area contributed by atoms with Crippen LogP contribution >= 0.6 is 11.6 Å². The van der Waals surface area contributed by atoms with Gasteiger partial charge in [0, 0.05) is 11.3 Å². The normalized spacial score (nSPS) is 17.0. The number of benzene rings is 2. The Kier molecular flexibility index (Phi) is 8.55. The van der Waals surface area contributed by atoms with Gasteiger partial charge in [-0.05, 0) is 64.6 Å². The second-order valence-corrected chi connectivity index (χ2v) is 9.29. The third-order valence-electron chi connectivity index (χ3n) is 6.46. The predicted octanol–water partition coefficient (Wildman–Crippen LogP) is 4.29. The molecule has 0 spiro atoms. The van der Waals surface area contributed by atoms with Gasteiger partial charge in [-0.25, -0.2) is 4.79 Å². The minimum absolute atomic E-state index is 0.0212. The van der Waals surface area contributed by atoms with E-state index in [2.05, 4.69) is 10.6 Å². The summed E-state index contributed by atoms with van der Waals surface area (Å²) in [5, 5.41) is 7.74. The van der Waals surface area contributed by atoms with Gasteiger partial charge in [-0.3, -0.25) is 9.59 Å². The maximum atomic E-state index is 13.6. The molecule has 184 valence electrons. The zero-order valence-electron chi connectivity index (χ0n) is 20.2. The molecule has 2 aromatic carbocycles. The van der Waals surface area contributed by atoms with Gasteiger partial charge in [0.1, 0.15) is 16.9 Å². The van der Waals surface area contributed by atoms with E-state index in [1.165, 1.54) is 6.92 Å². The SMILES string of the molecule is CCOC(=O)C(C)(CC)NC(=O)c1c(Cl)cc2ccccc2c1OC(C(C)=O)C1CCNCC1. The van der Waals surface area contributed by atoms with Crippen molar-refractivity contribution in [2.75, 3.05) is 19.7 Å². The molecule has 2 N–H and O–H groups in total. The number of rotatable bonds is 9. The van der Waals surface area contributed by atoms with E-state index < -0.39 is 23.5 Å². The predicted molar refractivity (Wildman–Crippen MR) is 132 cm³/mol. The fourth-order valence-electron chi connectivity index (χ4n) is 4.29. The fourth-order valence-corrected chi connectivity index (χ4v) is 4.58. The number of nitrogens with one attached hydrogen (secondary N) is 2. The first kappa shape index (κ1) is 26.0. The summed E-state index contributed by atoms with van der Waals surface area (Å²) in [7, 11) is 0. The van der Waals surface area contributed by atoms with Gasteiger partial charge in [0.05, 0.1) is 11.6 Å². The van der Waals surface area contributed by atoms with Crippen molar-refractivity contribution in [3.8, 4) is 5.75 Å². The monoisotopic (exact) mass is 488 g/mol. The molecule has 1 amide bonds. The highest BCUT2D eigenvalue weighted by molar-refractivity contribution is 6.35. The van der Waals surface area contributed by atoms with Gasteiger partial charge in [0.15, 0.2) is 11.9 Å². The van der Waals surface area contributed by atoms with E-state index in [4.69, 9.17) is 21.1 Å². The van der Waals surface area contributed by atoms with Gasteiger partial charge in [-0.1, -0.05) is 42.8 Å². The van der Waals surface area contributed by atoms with E-state index in [-0.39, 0.29) is 34.6 Å². The number of ketones is 1. The number of ether oxygens (including phenoxy) is 2. The van der Waals surface area contributed by atoms with Crippen LogP contribution < -0.4 is 15.4 Å². The van der Waals surface area contributed by atoms with E-state index in [0.717, 1.165) is 31.3 Å². The lowest BCUT2D eigenvalue weighted by molar-refractivity contribution is -0.150. The van der Waals surface area contributed by atoms with Gasteiger partial charge in [-0.15, -0.1) is 0 Å². The molecule has 1 fully saturated rings. The van der Waals surface area contributed by atoms with Gasteiger partial charge in [0.2, 0.25) is 0 Å². The lowest BCUT2D eigenvalue weighted by atomic mass is 9.90. The molecule has 34 heavy (non-hydrogen) atoms. The number of hydrogen-bond donors (Lipinski definition) is 2. The first-order chi connectivity index (χ1) is 16.2. The minimum Gasteiger partial charge on any atom is -0.481 e. The van der Waals surface area contributed by atoms with Gasteiger partial charge < -0.3 is 20.1 Å². The number of hydrogen-bond acceptors (Lipinski definition) is 6. The minimum atomic E-state index is -1.24. The number of carbonyl (C=O) groups excluding carboxylic acids is 3. The molecular formula is C26H33ClN2O5. The topological polar surface area (TPSA) is 93.7 Å². The molecular weight excluding hydrogens is 456 g/mol. The molecule has 1 aliphatic heterocycles. The Morgan fingerprint density at radius 2 is 1.88 bits per heavy atom. The van der Waals surface area contributed by atoms with Crippen molar-refractivity contribution < 1.29 is 23.9 Å². The second kappa shape index (κ2) is 11.2. The molecule has 1 aliphatic rings. The van der Waals surface area contributed by atoms with E-state index >= 15 is 0 Å². The summed E-state index contributed by atoms with van der Waals surface area (Å²) in [4.78, 5) is 38.8. The Morgan fingerprint density at radius 1 is 1.21 bits per heavy atom. The summed E-state index contributed by atoms with van der Waals surface area (Å²) in [6, 6.07) is 9.11. The molecule has 3 rings (SSSR count). The lowest BCUT2D eigenvalue weighted by Crippen LogP contribution is -2.52. The summed E-state index contributed by atoms with van der Waals surface area (Å²) < 4.78 is 11.6. The zero-order chi connectivity index (χ0) is 24.9. The largest absolute Gasteiger partial charge is 0.481 e. The highest BCUT2D eigenvalue weighted by atomic mass is 35.5. The third-order valence-corrected chi connectivity index (χ3v) is 6.76. The van der Waals surface area contributed by atoms with Gasteiger partial charge in [-0.2, -0.15) is 0 Å². The van der Waals surface area contributed by atoms with Crippen LogP contribution in [0, 0.1) is 5.92 Å². The first-order valence-corrected chi connectivity index (χ1v) is 12.2. The van der Waals surface area contributed by atoms with E-state index in [1.54, 1.807) is 26.8 Å². The van der Waals surface area contributed by atoms with Gasteiger partial charge in [0.25, 0.3) is 5.91 Å². The molecule has 0 bridgehead atoms. The number of piperidine rings is 1. The number of Topliss-reactive ketones (excluding diaryl/α,β-unsaturated/α-hetero) is 1. The summed E-state index contributed by atoms with van der Waals surface area (Å²) in [5.74, 6) is -0.918. The van der Waals surface area contributed by atoms with Crippen LogP contribution in [0.1, 0.15) is 57.3 Å². The van der Waals surface area contributed by atoms with Crippen molar-refractivity contribution in [1.82, 2.24) is 10.6 Å². The van der Waals surface area contributed by atoms with Crippen molar-refractivity contribution >= 4 is 40.0 Å². The van der Waals surface area contributed by atoms with Crippen molar-refractivity contribution in [2.45, 2.75) is 58.6 Å². The number of carbonyl (C=O) groups is 3. The van der Waals surface area contributed by atoms with Crippen molar-refractivity contribution in [1.29, 1.82) is 0 Å². The Balaban J connectivity index is 2.08. The van der Waals surface area contributed by atoms with Crippen LogP contribution in [0.15, 0.2) is 30.3 Å². The average molecular weight is 489 g/mol. The number of esters is 1. The third kappa shape index (κ3) is 5.53. The Hall–Kier alpha value is -2.64. The highest BCUT2D eigenvalue weighted by Crippen LogP contribution is 2.38. The summed E-state index contributed by atoms with van der Waals surface area (Å²) >= 11 is 6.61. The highest BCUT2D eigenvalue weighted by Gasteiger charge is 2.37. The molecule has 0 aliphatic carbocycles. The quantitative estimate of drug-likeness (QED) is 0.511. The summed E-state index contributed by atoms with van der Waals surface area (Å²) in [5.41, 5.74) is -1.14. The molecule has 2 atom stereocenters. The van der Waals surface area contributed by atoms with Crippen LogP contribution in [0.25, 0.3) is 10.8 Å². The van der Waals surface area contributed by atoms with Crippen molar-refractivity contribution in [3.63, 3.8) is 0 Å². The molecule has 7 nitrogen and oxygen atoms in total. The lowest BCUT2D eigenvalue weighted by Gasteiger charge is -2.31. The maximum Gasteiger partial charge on any atom is 0.331 e. The van der Waals surface area contributed by atoms with Crippen molar-refractivity contribution in [3.05, 3.63) is 40.9 Å². The Labute approximate surface area is 205 Å². The van der Waals surface area contributed by atoms with E-state index in [1.807, 2.05) is 24.3 Å². The molecule has 1 heterocycles. The number of fused-ring (bicyclic) bond motifs is 1. The smallest absolute Gasteiger partial charge is 0.331 e. The van der Waals surface area contributed by atoms with Gasteiger partial charge >= 0.3 is 5.97 Å². The summed E-state index contributed by atoms with van der Waals surface area (Å²) in [6.45, 7) is 8.43. The maximum absolute atomic E-state index is 13.6. The number of halogens is 1. The molecule has 1 saturated heterocycles. The second-order valence-electron chi connectivity index (χ2n) is 8.88. The Bertz CT molecular complexity index is 1070.